The van der Waals surface area contributed by atoms with Gasteiger partial charge >= 0.3 is 0 Å². The third-order valence-corrected chi connectivity index (χ3v) is 4.77. The number of rotatable bonds is 4. The lowest BCUT2D eigenvalue weighted by Gasteiger charge is -1.95. The maximum Gasteiger partial charge on any atom is 0.226 e. The summed E-state index contributed by atoms with van der Waals surface area (Å²) in [5, 5.41) is 0.591. The van der Waals surface area contributed by atoms with Crippen LogP contribution in [0.2, 0.25) is 0 Å². The minimum atomic E-state index is 0.591. The maximum atomic E-state index is 5.60. The summed E-state index contributed by atoms with van der Waals surface area (Å²) in [5.74, 6) is 1.40. The second-order valence-corrected chi connectivity index (χ2v) is 6.65. The molecule has 0 aliphatic heterocycles. The molecule has 0 aliphatic rings. The summed E-state index contributed by atoms with van der Waals surface area (Å²) in [7, 11) is 0. The molecule has 3 aromatic rings. The number of aromatic nitrogens is 2. The van der Waals surface area contributed by atoms with Gasteiger partial charge in [0.1, 0.15) is 6.26 Å². The number of benzene rings is 1. The van der Waals surface area contributed by atoms with Crippen LogP contribution in [0.5, 0.6) is 0 Å². The second kappa shape index (κ2) is 5.68. The van der Waals surface area contributed by atoms with Crippen molar-refractivity contribution in [3.8, 4) is 11.5 Å². The molecule has 1 aromatic carbocycles. The predicted octanol–water partition coefficient (Wildman–Crippen LogP) is 3.98. The van der Waals surface area contributed by atoms with Crippen LogP contribution in [0.25, 0.3) is 11.5 Å². The zero-order valence-electron chi connectivity index (χ0n) is 10.9. The molecule has 20 heavy (non-hydrogen) atoms. The number of hydrogen-bond acceptors (Lipinski definition) is 6. The zero-order valence-corrected chi connectivity index (χ0v) is 12.5. The van der Waals surface area contributed by atoms with E-state index in [9.17, 15) is 0 Å². The van der Waals surface area contributed by atoms with Gasteiger partial charge in [-0.3, -0.25) is 0 Å². The van der Waals surface area contributed by atoms with E-state index in [1.54, 1.807) is 24.2 Å². The average molecular weight is 303 g/mol. The lowest BCUT2D eigenvalue weighted by Crippen LogP contribution is -1.82. The predicted molar refractivity (Wildman–Crippen MR) is 82.8 cm³/mol. The van der Waals surface area contributed by atoms with Crippen molar-refractivity contribution in [2.24, 2.45) is 0 Å². The summed E-state index contributed by atoms with van der Waals surface area (Å²) in [6.45, 7) is 2.06. The summed E-state index contributed by atoms with van der Waals surface area (Å²) in [4.78, 5) is 8.52. The molecule has 0 atom stereocenters. The minimum absolute atomic E-state index is 0.591. The Morgan fingerprint density at radius 2 is 2.10 bits per heavy atom. The highest BCUT2D eigenvalue weighted by Crippen LogP contribution is 2.29. The fourth-order valence-electron chi connectivity index (χ4n) is 1.69. The molecule has 0 aliphatic carbocycles. The molecule has 2 aromatic heterocycles. The minimum Gasteiger partial charge on any atom is -0.444 e. The molecule has 102 valence electrons. The highest BCUT2D eigenvalue weighted by Gasteiger charge is 2.08. The van der Waals surface area contributed by atoms with E-state index >= 15 is 0 Å². The molecule has 0 amide bonds. The third kappa shape index (κ3) is 3.02. The fourth-order valence-corrected chi connectivity index (χ4v) is 3.32. The number of nitrogens with two attached hydrogens (primary N) is 1. The van der Waals surface area contributed by atoms with Crippen LogP contribution in [0.15, 0.2) is 45.4 Å². The molecule has 2 N–H and O–H groups in total. The van der Waals surface area contributed by atoms with Crippen molar-refractivity contribution in [2.75, 3.05) is 5.73 Å². The van der Waals surface area contributed by atoms with Gasteiger partial charge in [0, 0.05) is 11.3 Å². The molecule has 0 radical (unpaired) electrons. The molecule has 0 spiro atoms. The molecule has 6 heteroatoms. The van der Waals surface area contributed by atoms with Crippen LogP contribution < -0.4 is 5.73 Å². The number of nitrogens with zero attached hydrogens (tertiary/aromatic N) is 2. The third-order valence-electron chi connectivity index (χ3n) is 2.71. The number of thioether (sulfide) groups is 1. The van der Waals surface area contributed by atoms with Crippen LogP contribution >= 0.6 is 23.1 Å². The van der Waals surface area contributed by atoms with E-state index in [0.717, 1.165) is 21.2 Å². The Hall–Kier alpha value is -1.79. The van der Waals surface area contributed by atoms with Crippen LogP contribution in [-0.4, -0.2) is 9.97 Å². The van der Waals surface area contributed by atoms with Gasteiger partial charge in [-0.2, -0.15) is 0 Å². The zero-order chi connectivity index (χ0) is 13.9. The summed E-state index contributed by atoms with van der Waals surface area (Å²) >= 11 is 3.14. The maximum absolute atomic E-state index is 5.60. The van der Waals surface area contributed by atoms with Crippen LogP contribution in [-0.2, 0) is 5.75 Å². The van der Waals surface area contributed by atoms with Crippen molar-refractivity contribution >= 4 is 28.2 Å². The number of hydrogen-bond donors (Lipinski definition) is 1. The monoisotopic (exact) mass is 303 g/mol. The van der Waals surface area contributed by atoms with Crippen LogP contribution in [0, 0.1) is 6.92 Å². The Morgan fingerprint density at radius 1 is 1.30 bits per heavy atom. The van der Waals surface area contributed by atoms with Gasteiger partial charge in [0.2, 0.25) is 5.89 Å². The number of anilines is 1. The van der Waals surface area contributed by atoms with Crippen molar-refractivity contribution in [1.29, 1.82) is 0 Å². The van der Waals surface area contributed by atoms with Crippen LogP contribution in [0.3, 0.4) is 0 Å². The second-order valence-electron chi connectivity index (χ2n) is 4.32. The molecule has 0 bridgehead atoms. The Morgan fingerprint density at radius 3 is 2.80 bits per heavy atom. The number of oxazole rings is 1. The SMILES string of the molecule is Cc1ccc(-c2nc(CSc3cnc(N)s3)co2)cc1. The molecular formula is C14H13N3OS2. The molecule has 4 nitrogen and oxygen atoms in total. The summed E-state index contributed by atoms with van der Waals surface area (Å²) in [6.07, 6.45) is 3.48. The summed E-state index contributed by atoms with van der Waals surface area (Å²) < 4.78 is 6.61. The largest absolute Gasteiger partial charge is 0.444 e. The number of thiazole rings is 1. The highest BCUT2D eigenvalue weighted by atomic mass is 32.2. The van der Waals surface area contributed by atoms with Gasteiger partial charge in [-0.15, -0.1) is 11.8 Å². The molecular weight excluding hydrogens is 290 g/mol. The van der Waals surface area contributed by atoms with E-state index < -0.39 is 0 Å². The van der Waals surface area contributed by atoms with E-state index in [1.807, 2.05) is 24.3 Å². The van der Waals surface area contributed by atoms with Crippen molar-refractivity contribution in [1.82, 2.24) is 9.97 Å². The number of nitrogen functional groups attached to an aromatic ring is 1. The average Bonchev–Trinajstić information content (AvgIpc) is 3.06. The van der Waals surface area contributed by atoms with Crippen LogP contribution in [0.1, 0.15) is 11.3 Å². The van der Waals surface area contributed by atoms with Crippen molar-refractivity contribution in [3.05, 3.63) is 48.0 Å². The van der Waals surface area contributed by atoms with Gasteiger partial charge in [0.05, 0.1) is 16.1 Å². The summed E-state index contributed by atoms with van der Waals surface area (Å²) in [6, 6.07) is 8.13. The first-order valence-electron chi connectivity index (χ1n) is 6.06. The lowest BCUT2D eigenvalue weighted by atomic mass is 10.1. The van der Waals surface area contributed by atoms with Crippen molar-refractivity contribution in [2.45, 2.75) is 16.9 Å². The Kier molecular flexibility index (Phi) is 3.75. The summed E-state index contributed by atoms with van der Waals surface area (Å²) in [5.41, 5.74) is 8.73. The molecule has 3 rings (SSSR count). The molecule has 0 saturated heterocycles. The fraction of sp³-hybridized carbons (Fsp3) is 0.143. The van der Waals surface area contributed by atoms with E-state index in [2.05, 4.69) is 16.9 Å². The smallest absolute Gasteiger partial charge is 0.226 e. The van der Waals surface area contributed by atoms with Gasteiger partial charge in [-0.1, -0.05) is 29.0 Å². The molecule has 0 unspecified atom stereocenters. The first kappa shape index (κ1) is 13.2. The van der Waals surface area contributed by atoms with E-state index in [0.29, 0.717) is 11.0 Å². The van der Waals surface area contributed by atoms with E-state index in [1.165, 1.54) is 16.9 Å². The van der Waals surface area contributed by atoms with Gasteiger partial charge in [0.25, 0.3) is 0 Å². The standard InChI is InChI=1S/C14H13N3OS2/c1-9-2-4-10(5-3-9)13-17-11(7-18-13)8-19-12-6-16-14(15)20-12/h2-7H,8H2,1H3,(H2,15,16). The first-order valence-corrected chi connectivity index (χ1v) is 7.86. The molecule has 2 heterocycles. The van der Waals surface area contributed by atoms with E-state index in [4.69, 9.17) is 10.2 Å². The quantitative estimate of drug-likeness (QED) is 0.738. The topological polar surface area (TPSA) is 64.9 Å². The Bertz CT molecular complexity index is 703. The van der Waals surface area contributed by atoms with Gasteiger partial charge < -0.3 is 10.2 Å². The van der Waals surface area contributed by atoms with Gasteiger partial charge in [-0.25, -0.2) is 9.97 Å². The van der Waals surface area contributed by atoms with Crippen LogP contribution in [0.4, 0.5) is 5.13 Å². The lowest BCUT2D eigenvalue weighted by molar-refractivity contribution is 0.573. The molecule has 0 fully saturated rings. The Balaban J connectivity index is 1.69. The Labute approximate surface area is 125 Å². The molecule has 0 saturated carbocycles. The van der Waals surface area contributed by atoms with Gasteiger partial charge in [0.15, 0.2) is 5.13 Å². The highest BCUT2D eigenvalue weighted by molar-refractivity contribution is 8.00. The number of aryl methyl sites for hydroxylation is 1. The van der Waals surface area contributed by atoms with Gasteiger partial charge in [-0.05, 0) is 19.1 Å². The van der Waals surface area contributed by atoms with E-state index in [-0.39, 0.29) is 0 Å². The first-order chi connectivity index (χ1) is 9.70. The van der Waals surface area contributed by atoms with Crippen molar-refractivity contribution < 1.29 is 4.42 Å². The van der Waals surface area contributed by atoms with Crippen molar-refractivity contribution in [3.63, 3.8) is 0 Å². The normalized spacial score (nSPS) is 10.8.